The van der Waals surface area contributed by atoms with Crippen molar-refractivity contribution in [2.45, 2.75) is 45.8 Å². The number of aliphatic imine (C=N–C) groups is 1. The van der Waals surface area contributed by atoms with Gasteiger partial charge < -0.3 is 15.8 Å². The van der Waals surface area contributed by atoms with Crippen molar-refractivity contribution in [2.75, 3.05) is 6.26 Å². The fourth-order valence-corrected chi connectivity index (χ4v) is 2.05. The highest BCUT2D eigenvalue weighted by atomic mass is 32.2. The molecule has 1 amide bonds. The van der Waals surface area contributed by atoms with Gasteiger partial charge in [-0.3, -0.25) is 0 Å². The summed E-state index contributed by atoms with van der Waals surface area (Å²) < 4.78 is 5.30. The number of amidine groups is 1. The smallest absolute Gasteiger partial charge is 0.408 e. The average molecular weight is 323 g/mol. The Morgan fingerprint density at radius 1 is 1.45 bits per heavy atom. The van der Waals surface area contributed by atoms with Crippen LogP contribution in [-0.4, -0.2) is 23.1 Å². The van der Waals surface area contributed by atoms with E-state index in [2.05, 4.69) is 10.3 Å². The van der Waals surface area contributed by atoms with Gasteiger partial charge in [0.1, 0.15) is 5.60 Å². The number of benzene rings is 1. The molecule has 0 saturated carbocycles. The number of nitrogens with one attached hydrogen (secondary N) is 1. The Balaban J connectivity index is 2.87. The van der Waals surface area contributed by atoms with Gasteiger partial charge in [0.05, 0.1) is 11.7 Å². The predicted octanol–water partition coefficient (Wildman–Crippen LogP) is 3.97. The number of carbonyl (C=O) groups is 1. The van der Waals surface area contributed by atoms with E-state index in [0.29, 0.717) is 5.17 Å². The lowest BCUT2D eigenvalue weighted by Crippen LogP contribution is -2.34. The van der Waals surface area contributed by atoms with Crippen molar-refractivity contribution >= 4 is 28.7 Å². The van der Waals surface area contributed by atoms with Crippen LogP contribution in [0.4, 0.5) is 10.5 Å². The van der Waals surface area contributed by atoms with E-state index >= 15 is 0 Å². The van der Waals surface area contributed by atoms with E-state index in [1.165, 1.54) is 11.8 Å². The Labute approximate surface area is 136 Å². The molecular weight excluding hydrogens is 298 g/mol. The number of nitrogens with zero attached hydrogens (tertiary/aromatic N) is 1. The largest absolute Gasteiger partial charge is 0.444 e. The van der Waals surface area contributed by atoms with Crippen LogP contribution in [0.5, 0.6) is 0 Å². The quantitative estimate of drug-likeness (QED) is 0.649. The van der Waals surface area contributed by atoms with E-state index < -0.39 is 11.7 Å². The van der Waals surface area contributed by atoms with Gasteiger partial charge in [0, 0.05) is 0 Å². The first-order valence-corrected chi connectivity index (χ1v) is 8.45. The minimum Gasteiger partial charge on any atom is -0.444 e. The normalized spacial score (nSPS) is 13.6. The van der Waals surface area contributed by atoms with E-state index in [0.717, 1.165) is 17.7 Å². The summed E-state index contributed by atoms with van der Waals surface area (Å²) in [5.74, 6) is 0. The van der Waals surface area contributed by atoms with Crippen LogP contribution in [0.3, 0.4) is 0 Å². The summed E-state index contributed by atoms with van der Waals surface area (Å²) in [6.07, 6.45) is 2.21. The lowest BCUT2D eigenvalue weighted by Gasteiger charge is -2.23. The second-order valence-corrected chi connectivity index (χ2v) is 6.68. The van der Waals surface area contributed by atoms with Gasteiger partial charge in [-0.15, -0.1) is 0 Å². The summed E-state index contributed by atoms with van der Waals surface area (Å²) in [6.45, 7) is 7.53. The van der Waals surface area contributed by atoms with Gasteiger partial charge in [-0.2, -0.15) is 0 Å². The van der Waals surface area contributed by atoms with Gasteiger partial charge >= 0.3 is 6.09 Å². The third-order valence-corrected chi connectivity index (χ3v) is 3.33. The zero-order valence-electron chi connectivity index (χ0n) is 13.8. The van der Waals surface area contributed by atoms with Crippen molar-refractivity contribution in [1.82, 2.24) is 5.32 Å². The molecular formula is C16H25N3O2S. The third-order valence-electron chi connectivity index (χ3n) is 2.82. The van der Waals surface area contributed by atoms with Crippen LogP contribution in [0.15, 0.2) is 29.3 Å². The second-order valence-electron chi connectivity index (χ2n) is 5.86. The zero-order valence-corrected chi connectivity index (χ0v) is 14.7. The number of hydrogen-bond donors (Lipinski definition) is 2. The SMILES string of the molecule is CCC(NC(=O)OC(C)(C)C)c1cccc(N=C(N)SC)c1. The van der Waals surface area contributed by atoms with Crippen LogP contribution in [0.25, 0.3) is 0 Å². The van der Waals surface area contributed by atoms with Crippen LogP contribution in [0.1, 0.15) is 45.7 Å². The first-order valence-electron chi connectivity index (χ1n) is 7.22. The summed E-state index contributed by atoms with van der Waals surface area (Å²) in [5.41, 5.74) is 6.97. The molecule has 3 N–H and O–H groups in total. The van der Waals surface area contributed by atoms with Crippen molar-refractivity contribution in [2.24, 2.45) is 10.7 Å². The van der Waals surface area contributed by atoms with Gasteiger partial charge in [0.15, 0.2) is 5.17 Å². The summed E-state index contributed by atoms with van der Waals surface area (Å²) in [4.78, 5) is 16.2. The lowest BCUT2D eigenvalue weighted by atomic mass is 10.0. The number of hydrogen-bond acceptors (Lipinski definition) is 4. The van der Waals surface area contributed by atoms with E-state index in [4.69, 9.17) is 10.5 Å². The third kappa shape index (κ3) is 6.39. The van der Waals surface area contributed by atoms with E-state index in [1.54, 1.807) is 0 Å². The van der Waals surface area contributed by atoms with E-state index in [-0.39, 0.29) is 6.04 Å². The number of ether oxygens (including phenoxy) is 1. The number of alkyl carbamates (subject to hydrolysis) is 1. The van der Waals surface area contributed by atoms with Gasteiger partial charge in [-0.25, -0.2) is 9.79 Å². The molecule has 0 fully saturated rings. The number of carbonyl (C=O) groups excluding carboxylic acids is 1. The van der Waals surface area contributed by atoms with Crippen LogP contribution >= 0.6 is 11.8 Å². The van der Waals surface area contributed by atoms with Crippen LogP contribution in [0, 0.1) is 0 Å². The summed E-state index contributed by atoms with van der Waals surface area (Å²) in [6, 6.07) is 7.54. The van der Waals surface area contributed by atoms with E-state index in [1.807, 2.05) is 58.2 Å². The van der Waals surface area contributed by atoms with Crippen molar-refractivity contribution in [3.05, 3.63) is 29.8 Å². The molecule has 1 unspecified atom stereocenters. The Morgan fingerprint density at radius 2 is 2.14 bits per heavy atom. The minimum absolute atomic E-state index is 0.125. The summed E-state index contributed by atoms with van der Waals surface area (Å²) in [7, 11) is 0. The van der Waals surface area contributed by atoms with Gasteiger partial charge in [-0.05, 0) is 51.1 Å². The molecule has 22 heavy (non-hydrogen) atoms. The second kappa shape index (κ2) is 8.08. The molecule has 0 aliphatic rings. The number of amides is 1. The molecule has 6 heteroatoms. The Bertz CT molecular complexity index is 538. The molecule has 122 valence electrons. The molecule has 1 aromatic rings. The Hall–Kier alpha value is -1.69. The maximum absolute atomic E-state index is 11.9. The monoisotopic (exact) mass is 323 g/mol. The van der Waals surface area contributed by atoms with Gasteiger partial charge in [-0.1, -0.05) is 30.8 Å². The Kier molecular flexibility index (Phi) is 6.74. The first kappa shape index (κ1) is 18.4. The average Bonchev–Trinajstić information content (AvgIpc) is 2.43. The first-order chi connectivity index (χ1) is 10.2. The number of thioether (sulfide) groups is 1. The molecule has 0 aromatic heterocycles. The van der Waals surface area contributed by atoms with Gasteiger partial charge in [0.25, 0.3) is 0 Å². The highest BCUT2D eigenvalue weighted by molar-refractivity contribution is 8.13. The molecule has 1 rings (SSSR count). The molecule has 1 aromatic carbocycles. The standard InChI is InChI=1S/C16H25N3O2S/c1-6-13(19-15(20)21-16(2,3)4)11-8-7-9-12(10-11)18-14(17)22-5/h7-10,13H,6H2,1-5H3,(H2,17,18)(H,19,20). The fraction of sp³-hybridized carbons (Fsp3) is 0.500. The van der Waals surface area contributed by atoms with Crippen molar-refractivity contribution in [3.8, 4) is 0 Å². The summed E-state index contributed by atoms with van der Waals surface area (Å²) in [5, 5.41) is 3.39. The number of nitrogens with two attached hydrogens (primary N) is 1. The molecule has 1 atom stereocenters. The molecule has 5 nitrogen and oxygen atoms in total. The molecule has 0 radical (unpaired) electrons. The molecule has 0 aliphatic heterocycles. The highest BCUT2D eigenvalue weighted by Crippen LogP contribution is 2.23. The number of rotatable bonds is 4. The molecule has 0 bridgehead atoms. The maximum atomic E-state index is 11.9. The van der Waals surface area contributed by atoms with Crippen molar-refractivity contribution in [3.63, 3.8) is 0 Å². The van der Waals surface area contributed by atoms with E-state index in [9.17, 15) is 4.79 Å². The van der Waals surface area contributed by atoms with Gasteiger partial charge in [0.2, 0.25) is 0 Å². The lowest BCUT2D eigenvalue weighted by molar-refractivity contribution is 0.0502. The van der Waals surface area contributed by atoms with Crippen LogP contribution in [-0.2, 0) is 4.74 Å². The molecule has 0 heterocycles. The van der Waals surface area contributed by atoms with Crippen molar-refractivity contribution in [1.29, 1.82) is 0 Å². The zero-order chi connectivity index (χ0) is 16.8. The Morgan fingerprint density at radius 3 is 2.68 bits per heavy atom. The highest BCUT2D eigenvalue weighted by Gasteiger charge is 2.19. The topological polar surface area (TPSA) is 76.7 Å². The van der Waals surface area contributed by atoms with Crippen LogP contribution in [0.2, 0.25) is 0 Å². The fourth-order valence-electron chi connectivity index (χ4n) is 1.85. The van der Waals surface area contributed by atoms with Crippen LogP contribution < -0.4 is 11.1 Å². The molecule has 0 saturated heterocycles. The minimum atomic E-state index is -0.513. The van der Waals surface area contributed by atoms with Crippen molar-refractivity contribution < 1.29 is 9.53 Å². The maximum Gasteiger partial charge on any atom is 0.408 e. The molecule has 0 spiro atoms. The summed E-state index contributed by atoms with van der Waals surface area (Å²) >= 11 is 1.39. The predicted molar refractivity (Wildman–Crippen MR) is 93.6 cm³/mol. The molecule has 0 aliphatic carbocycles.